The van der Waals surface area contributed by atoms with Gasteiger partial charge < -0.3 is 9.84 Å². The van der Waals surface area contributed by atoms with Crippen molar-refractivity contribution in [3.05, 3.63) is 47.7 Å². The van der Waals surface area contributed by atoms with Crippen LogP contribution in [0.15, 0.2) is 36.4 Å². The molecule has 0 amide bonds. The van der Waals surface area contributed by atoms with Crippen LogP contribution in [-0.4, -0.2) is 26.3 Å². The summed E-state index contributed by atoms with van der Waals surface area (Å²) in [6.45, 7) is 1.84. The van der Waals surface area contributed by atoms with Gasteiger partial charge in [-0.3, -0.25) is 5.10 Å². The van der Waals surface area contributed by atoms with Crippen molar-refractivity contribution in [3.63, 3.8) is 0 Å². The molecule has 20 heavy (non-hydrogen) atoms. The Bertz CT molecular complexity index is 795. The maximum atomic E-state index is 11.3. The van der Waals surface area contributed by atoms with E-state index in [0.29, 0.717) is 16.8 Å². The maximum Gasteiger partial charge on any atom is 0.336 e. The summed E-state index contributed by atoms with van der Waals surface area (Å²) in [5.74, 6) is -0.471. The number of para-hydroxylation sites is 1. The summed E-state index contributed by atoms with van der Waals surface area (Å²) in [5.41, 5.74) is 1.56. The Kier molecular flexibility index (Phi) is 2.83. The van der Waals surface area contributed by atoms with Crippen molar-refractivity contribution in [2.24, 2.45) is 0 Å². The third kappa shape index (κ3) is 2.18. The topological polar surface area (TPSA) is 88.1 Å². The molecule has 0 aliphatic rings. The number of nitrogens with one attached hydrogen (secondary N) is 1. The smallest absolute Gasteiger partial charge is 0.336 e. The van der Waals surface area contributed by atoms with E-state index in [1.54, 1.807) is 30.3 Å². The van der Waals surface area contributed by atoms with E-state index < -0.39 is 5.97 Å². The quantitative estimate of drug-likeness (QED) is 0.763. The summed E-state index contributed by atoms with van der Waals surface area (Å²) in [6, 6.07) is 10.1. The third-order valence-electron chi connectivity index (χ3n) is 2.81. The lowest BCUT2D eigenvalue weighted by molar-refractivity contribution is 0.0698. The summed E-state index contributed by atoms with van der Waals surface area (Å²) in [7, 11) is 0. The van der Waals surface area contributed by atoms with Gasteiger partial charge in [0.05, 0.1) is 11.1 Å². The fraction of sp³-hybridized carbons (Fsp3) is 0.0714. The number of nitrogens with zero attached hydrogens (tertiary/aromatic N) is 2. The fourth-order valence-electron chi connectivity index (χ4n) is 1.93. The van der Waals surface area contributed by atoms with Gasteiger partial charge in [-0.1, -0.05) is 18.2 Å². The predicted octanol–water partition coefficient (Wildman–Crippen LogP) is 2.76. The van der Waals surface area contributed by atoms with Crippen molar-refractivity contribution >= 4 is 16.9 Å². The van der Waals surface area contributed by atoms with Gasteiger partial charge >= 0.3 is 5.97 Å². The average Bonchev–Trinajstić information content (AvgIpc) is 2.83. The summed E-state index contributed by atoms with van der Waals surface area (Å²) in [5, 5.41) is 16.5. The van der Waals surface area contributed by atoms with Crippen LogP contribution in [0.5, 0.6) is 11.8 Å². The molecule has 2 heterocycles. The minimum atomic E-state index is -1.02. The Balaban J connectivity index is 2.10. The first-order valence-electron chi connectivity index (χ1n) is 5.96. The van der Waals surface area contributed by atoms with Crippen molar-refractivity contribution in [2.45, 2.75) is 6.92 Å². The van der Waals surface area contributed by atoms with Gasteiger partial charge in [-0.2, -0.15) is 0 Å². The SMILES string of the molecule is Cc1cc(Oc2cc(C(=O)O)c3ccccc3n2)n[nH]1. The number of hydrogen-bond acceptors (Lipinski definition) is 4. The van der Waals surface area contributed by atoms with Crippen molar-refractivity contribution in [1.82, 2.24) is 15.2 Å². The van der Waals surface area contributed by atoms with Gasteiger partial charge in [0.15, 0.2) is 0 Å². The van der Waals surface area contributed by atoms with Gasteiger partial charge in [-0.05, 0) is 13.0 Å². The number of fused-ring (bicyclic) bond motifs is 1. The lowest BCUT2D eigenvalue weighted by Gasteiger charge is -2.06. The molecule has 6 heteroatoms. The summed E-state index contributed by atoms with van der Waals surface area (Å²) >= 11 is 0. The molecule has 0 fully saturated rings. The molecular weight excluding hydrogens is 258 g/mol. The number of ether oxygens (including phenoxy) is 1. The molecule has 0 unspecified atom stereocenters. The number of aryl methyl sites for hydroxylation is 1. The van der Waals surface area contributed by atoms with Crippen molar-refractivity contribution in [3.8, 4) is 11.8 Å². The highest BCUT2D eigenvalue weighted by molar-refractivity contribution is 6.02. The monoisotopic (exact) mass is 269 g/mol. The zero-order chi connectivity index (χ0) is 14.1. The Morgan fingerprint density at radius 1 is 1.25 bits per heavy atom. The minimum absolute atomic E-state index is 0.151. The molecule has 2 aromatic heterocycles. The minimum Gasteiger partial charge on any atom is -0.478 e. The van der Waals surface area contributed by atoms with Crippen LogP contribution >= 0.6 is 0 Å². The van der Waals surface area contributed by atoms with E-state index in [2.05, 4.69) is 15.2 Å². The number of benzene rings is 1. The van der Waals surface area contributed by atoms with Crippen LogP contribution in [0.4, 0.5) is 0 Å². The molecule has 1 aromatic carbocycles. The van der Waals surface area contributed by atoms with Crippen LogP contribution in [0.3, 0.4) is 0 Å². The van der Waals surface area contributed by atoms with E-state index in [-0.39, 0.29) is 11.4 Å². The molecule has 0 spiro atoms. The molecular formula is C14H11N3O3. The van der Waals surface area contributed by atoms with E-state index in [4.69, 9.17) is 4.74 Å². The first-order valence-corrected chi connectivity index (χ1v) is 5.96. The van der Waals surface area contributed by atoms with Crippen molar-refractivity contribution in [1.29, 1.82) is 0 Å². The predicted molar refractivity (Wildman–Crippen MR) is 72.1 cm³/mol. The summed E-state index contributed by atoms with van der Waals surface area (Å²) in [4.78, 5) is 15.6. The van der Waals surface area contributed by atoms with Gasteiger partial charge in [0.25, 0.3) is 0 Å². The van der Waals surface area contributed by atoms with Gasteiger partial charge in [0.1, 0.15) is 0 Å². The molecule has 0 aliphatic heterocycles. The third-order valence-corrected chi connectivity index (χ3v) is 2.81. The molecule has 0 atom stereocenters. The maximum absolute atomic E-state index is 11.3. The van der Waals surface area contributed by atoms with Gasteiger partial charge in [0, 0.05) is 23.2 Å². The molecule has 0 saturated heterocycles. The Hall–Kier alpha value is -2.89. The number of rotatable bonds is 3. The molecule has 100 valence electrons. The summed E-state index contributed by atoms with van der Waals surface area (Å²) < 4.78 is 5.48. The van der Waals surface area contributed by atoms with Crippen LogP contribution < -0.4 is 4.74 Å². The van der Waals surface area contributed by atoms with Crippen molar-refractivity contribution < 1.29 is 14.6 Å². The van der Waals surface area contributed by atoms with E-state index in [0.717, 1.165) is 5.69 Å². The standard InChI is InChI=1S/C14H11N3O3/c1-8-6-13(17-16-8)20-12-7-10(14(18)19)9-4-2-3-5-11(9)15-12/h2-7H,1H3,(H,16,17)(H,18,19). The molecule has 0 aliphatic carbocycles. The fourth-order valence-corrected chi connectivity index (χ4v) is 1.93. The van der Waals surface area contributed by atoms with Crippen LogP contribution in [-0.2, 0) is 0 Å². The zero-order valence-corrected chi connectivity index (χ0v) is 10.6. The number of carboxylic acid groups (broad SMARTS) is 1. The number of carboxylic acids is 1. The summed E-state index contributed by atoms with van der Waals surface area (Å²) in [6.07, 6.45) is 0. The molecule has 2 N–H and O–H groups in total. The number of carbonyl (C=O) groups is 1. The number of aromatic amines is 1. The second-order valence-corrected chi connectivity index (χ2v) is 4.32. The molecule has 3 aromatic rings. The Morgan fingerprint density at radius 2 is 2.05 bits per heavy atom. The molecule has 0 radical (unpaired) electrons. The van der Waals surface area contributed by atoms with Crippen molar-refractivity contribution in [2.75, 3.05) is 0 Å². The lowest BCUT2D eigenvalue weighted by Crippen LogP contribution is -2.00. The largest absolute Gasteiger partial charge is 0.478 e. The number of H-pyrrole nitrogens is 1. The highest BCUT2D eigenvalue weighted by atomic mass is 16.5. The average molecular weight is 269 g/mol. The number of hydrogen-bond donors (Lipinski definition) is 2. The first kappa shape index (κ1) is 12.2. The van der Waals surface area contributed by atoms with E-state index in [1.807, 2.05) is 6.92 Å². The Morgan fingerprint density at radius 3 is 2.75 bits per heavy atom. The van der Waals surface area contributed by atoms with E-state index >= 15 is 0 Å². The van der Waals surface area contributed by atoms with E-state index in [1.165, 1.54) is 6.07 Å². The van der Waals surface area contributed by atoms with Crippen LogP contribution in [0.2, 0.25) is 0 Å². The highest BCUT2D eigenvalue weighted by Crippen LogP contribution is 2.25. The normalized spacial score (nSPS) is 10.7. The highest BCUT2D eigenvalue weighted by Gasteiger charge is 2.13. The van der Waals surface area contributed by atoms with Crippen LogP contribution in [0.25, 0.3) is 10.9 Å². The Labute approximate surface area is 114 Å². The number of pyridine rings is 1. The molecule has 0 bridgehead atoms. The zero-order valence-electron chi connectivity index (χ0n) is 10.6. The van der Waals surface area contributed by atoms with Gasteiger partial charge in [0.2, 0.25) is 11.8 Å². The van der Waals surface area contributed by atoms with Crippen LogP contribution in [0, 0.1) is 6.92 Å². The lowest BCUT2D eigenvalue weighted by atomic mass is 10.1. The van der Waals surface area contributed by atoms with E-state index in [9.17, 15) is 9.90 Å². The second-order valence-electron chi connectivity index (χ2n) is 4.32. The van der Waals surface area contributed by atoms with Gasteiger partial charge in [-0.25, -0.2) is 9.78 Å². The molecule has 0 saturated carbocycles. The second kappa shape index (κ2) is 4.65. The first-order chi connectivity index (χ1) is 9.63. The van der Waals surface area contributed by atoms with Crippen LogP contribution in [0.1, 0.15) is 16.1 Å². The molecule has 6 nitrogen and oxygen atoms in total. The number of aromatic carboxylic acids is 1. The molecule has 3 rings (SSSR count). The number of aromatic nitrogens is 3. The van der Waals surface area contributed by atoms with Gasteiger partial charge in [-0.15, -0.1) is 5.10 Å².